The second-order valence-electron chi connectivity index (χ2n) is 8.15. The first-order chi connectivity index (χ1) is 12.6. The van der Waals surface area contributed by atoms with Crippen LogP contribution in [0, 0.1) is 29.1 Å². The molecule has 4 aliphatic rings. The SMILES string of the molecule is O=C(OC1CNC1)[C@H]1[C@H](C(=O)Nc2ccc(Br)nc2)[C@@H]2CC[C@H]1C21CC1. The highest BCUT2D eigenvalue weighted by molar-refractivity contribution is 9.10. The van der Waals surface area contributed by atoms with Gasteiger partial charge in [0.2, 0.25) is 5.91 Å². The van der Waals surface area contributed by atoms with Crippen LogP contribution in [0.25, 0.3) is 0 Å². The zero-order valence-electron chi connectivity index (χ0n) is 14.4. The molecule has 1 aromatic heterocycles. The summed E-state index contributed by atoms with van der Waals surface area (Å²) in [7, 11) is 0. The van der Waals surface area contributed by atoms with Gasteiger partial charge in [-0.3, -0.25) is 9.59 Å². The smallest absolute Gasteiger partial charge is 0.310 e. The summed E-state index contributed by atoms with van der Waals surface area (Å²) < 4.78 is 6.42. The highest BCUT2D eigenvalue weighted by atomic mass is 79.9. The molecule has 0 unspecified atom stereocenters. The number of amides is 1. The maximum Gasteiger partial charge on any atom is 0.310 e. The molecule has 0 radical (unpaired) electrons. The summed E-state index contributed by atoms with van der Waals surface area (Å²) in [5, 5.41) is 6.11. The Balaban J connectivity index is 1.38. The Kier molecular flexibility index (Phi) is 3.87. The van der Waals surface area contributed by atoms with E-state index in [9.17, 15) is 9.59 Å². The van der Waals surface area contributed by atoms with E-state index in [1.165, 1.54) is 0 Å². The van der Waals surface area contributed by atoms with E-state index >= 15 is 0 Å². The molecule has 1 aromatic rings. The van der Waals surface area contributed by atoms with Gasteiger partial charge in [0.15, 0.2) is 0 Å². The van der Waals surface area contributed by atoms with Crippen LogP contribution in [0.15, 0.2) is 22.9 Å². The van der Waals surface area contributed by atoms with Gasteiger partial charge in [0.1, 0.15) is 10.7 Å². The van der Waals surface area contributed by atoms with Crippen LogP contribution < -0.4 is 10.6 Å². The van der Waals surface area contributed by atoms with Crippen molar-refractivity contribution in [1.82, 2.24) is 10.3 Å². The molecule has 1 saturated heterocycles. The molecule has 4 atom stereocenters. The fraction of sp³-hybridized carbons (Fsp3) is 0.632. The van der Waals surface area contributed by atoms with Crippen molar-refractivity contribution in [3.8, 4) is 0 Å². The van der Waals surface area contributed by atoms with Crippen molar-refractivity contribution in [3.05, 3.63) is 22.9 Å². The van der Waals surface area contributed by atoms with Gasteiger partial charge < -0.3 is 15.4 Å². The molecule has 3 saturated carbocycles. The molecule has 1 aliphatic heterocycles. The first-order valence-corrected chi connectivity index (χ1v) is 10.2. The summed E-state index contributed by atoms with van der Waals surface area (Å²) in [5.74, 6) is -0.161. The zero-order valence-corrected chi connectivity index (χ0v) is 16.0. The minimum Gasteiger partial charge on any atom is -0.459 e. The van der Waals surface area contributed by atoms with Crippen molar-refractivity contribution >= 4 is 33.5 Å². The number of carbonyl (C=O) groups excluding carboxylic acids is 2. The number of rotatable bonds is 4. The Morgan fingerprint density at radius 3 is 2.50 bits per heavy atom. The fourth-order valence-electron chi connectivity index (χ4n) is 5.59. The molecule has 5 rings (SSSR count). The van der Waals surface area contributed by atoms with Gasteiger partial charge in [0, 0.05) is 13.1 Å². The van der Waals surface area contributed by atoms with Crippen molar-refractivity contribution in [3.63, 3.8) is 0 Å². The maximum absolute atomic E-state index is 13.1. The first-order valence-electron chi connectivity index (χ1n) is 9.42. The highest BCUT2D eigenvalue weighted by Crippen LogP contribution is 2.74. The molecule has 1 spiro atoms. The van der Waals surface area contributed by atoms with Crippen molar-refractivity contribution in [2.45, 2.75) is 31.8 Å². The van der Waals surface area contributed by atoms with Gasteiger partial charge in [-0.1, -0.05) is 0 Å². The van der Waals surface area contributed by atoms with Crippen molar-refractivity contribution in [2.75, 3.05) is 18.4 Å². The predicted molar refractivity (Wildman–Crippen MR) is 98.2 cm³/mol. The minimum atomic E-state index is -0.291. The van der Waals surface area contributed by atoms with E-state index in [2.05, 4.69) is 31.5 Å². The number of nitrogens with one attached hydrogen (secondary N) is 2. The minimum absolute atomic E-state index is 0.0313. The van der Waals surface area contributed by atoms with Crippen LogP contribution in [-0.4, -0.2) is 36.1 Å². The van der Waals surface area contributed by atoms with Gasteiger partial charge in [0.05, 0.1) is 23.7 Å². The lowest BCUT2D eigenvalue weighted by Crippen LogP contribution is -2.51. The summed E-state index contributed by atoms with van der Waals surface area (Å²) in [5.41, 5.74) is 0.891. The lowest BCUT2D eigenvalue weighted by molar-refractivity contribution is -0.162. The van der Waals surface area contributed by atoms with Crippen LogP contribution in [0.4, 0.5) is 5.69 Å². The second-order valence-corrected chi connectivity index (χ2v) is 8.96. The molecule has 3 aliphatic carbocycles. The van der Waals surface area contributed by atoms with Crippen LogP contribution in [0.3, 0.4) is 0 Å². The molecule has 1 amide bonds. The number of anilines is 1. The number of pyridine rings is 1. The number of halogens is 1. The molecule has 2 bridgehead atoms. The summed E-state index contributed by atoms with van der Waals surface area (Å²) in [4.78, 5) is 30.2. The Morgan fingerprint density at radius 2 is 1.92 bits per heavy atom. The van der Waals surface area contributed by atoms with Gasteiger partial charge in [-0.05, 0) is 71.0 Å². The van der Waals surface area contributed by atoms with Gasteiger partial charge in [-0.25, -0.2) is 4.98 Å². The van der Waals surface area contributed by atoms with E-state index in [1.54, 1.807) is 12.3 Å². The quantitative estimate of drug-likeness (QED) is 0.578. The Hall–Kier alpha value is -1.47. The molecule has 138 valence electrons. The van der Waals surface area contributed by atoms with Crippen molar-refractivity contribution in [2.24, 2.45) is 29.1 Å². The molecule has 2 heterocycles. The normalized spacial score (nSPS) is 33.7. The zero-order chi connectivity index (χ0) is 17.9. The molecular formula is C19H22BrN3O3. The summed E-state index contributed by atoms with van der Waals surface area (Å²) in [6.45, 7) is 1.44. The molecule has 6 nitrogen and oxygen atoms in total. The van der Waals surface area contributed by atoms with Crippen LogP contribution in [0.1, 0.15) is 25.7 Å². The largest absolute Gasteiger partial charge is 0.459 e. The first kappa shape index (κ1) is 16.7. The van der Waals surface area contributed by atoms with Gasteiger partial charge in [-0.2, -0.15) is 0 Å². The molecule has 26 heavy (non-hydrogen) atoms. The number of aromatic nitrogens is 1. The summed E-state index contributed by atoms with van der Waals surface area (Å²) >= 11 is 3.30. The highest BCUT2D eigenvalue weighted by Gasteiger charge is 2.72. The van der Waals surface area contributed by atoms with Crippen molar-refractivity contribution in [1.29, 1.82) is 0 Å². The Morgan fingerprint density at radius 1 is 1.19 bits per heavy atom. The van der Waals surface area contributed by atoms with E-state index in [0.29, 0.717) is 17.5 Å². The molecule has 2 N–H and O–H groups in total. The number of ether oxygens (including phenoxy) is 1. The Labute approximate surface area is 160 Å². The maximum atomic E-state index is 13.1. The van der Waals surface area contributed by atoms with Gasteiger partial charge >= 0.3 is 5.97 Å². The van der Waals surface area contributed by atoms with Crippen LogP contribution >= 0.6 is 15.9 Å². The lowest BCUT2D eigenvalue weighted by atomic mass is 9.78. The average Bonchev–Trinajstić information content (AvgIpc) is 3.26. The van der Waals surface area contributed by atoms with E-state index in [4.69, 9.17) is 4.74 Å². The molecule has 7 heteroatoms. The molecule has 0 aromatic carbocycles. The number of esters is 1. The van der Waals surface area contributed by atoms with E-state index in [0.717, 1.165) is 43.4 Å². The number of hydrogen-bond donors (Lipinski definition) is 2. The third-order valence-electron chi connectivity index (χ3n) is 6.94. The number of carbonyl (C=O) groups is 2. The third kappa shape index (κ3) is 2.51. The fourth-order valence-corrected chi connectivity index (χ4v) is 5.82. The average molecular weight is 420 g/mol. The van der Waals surface area contributed by atoms with Gasteiger partial charge in [0.25, 0.3) is 0 Å². The van der Waals surface area contributed by atoms with Crippen LogP contribution in [0.5, 0.6) is 0 Å². The topological polar surface area (TPSA) is 80.3 Å². The van der Waals surface area contributed by atoms with E-state index in [-0.39, 0.29) is 35.2 Å². The number of hydrogen-bond acceptors (Lipinski definition) is 5. The lowest BCUT2D eigenvalue weighted by Gasteiger charge is -2.32. The standard InChI is InChI=1S/C19H22BrN3O3/c20-14-4-1-10(7-22-14)23-17(24)15-12-2-3-13(19(12)5-6-19)16(15)18(25)26-11-8-21-9-11/h1,4,7,11-13,15-16,21H,2-3,5-6,8-9H2,(H,23,24)/t12-,13+,15+,16+/m0/s1. The van der Waals surface area contributed by atoms with E-state index < -0.39 is 0 Å². The second kappa shape index (κ2) is 6.02. The van der Waals surface area contributed by atoms with Gasteiger partial charge in [-0.15, -0.1) is 0 Å². The monoisotopic (exact) mass is 419 g/mol. The number of nitrogens with zero attached hydrogens (tertiary/aromatic N) is 1. The molecule has 4 fully saturated rings. The Bertz CT molecular complexity index is 745. The van der Waals surface area contributed by atoms with Crippen LogP contribution in [0.2, 0.25) is 0 Å². The molecular weight excluding hydrogens is 398 g/mol. The predicted octanol–water partition coefficient (Wildman–Crippen LogP) is 2.35. The summed E-state index contributed by atoms with van der Waals surface area (Å²) in [6, 6.07) is 3.62. The third-order valence-corrected chi connectivity index (χ3v) is 7.41. The summed E-state index contributed by atoms with van der Waals surface area (Å²) in [6.07, 6.45) is 6.01. The van der Waals surface area contributed by atoms with Crippen molar-refractivity contribution < 1.29 is 14.3 Å². The van der Waals surface area contributed by atoms with E-state index in [1.807, 2.05) is 6.07 Å². The van der Waals surface area contributed by atoms with Crippen LogP contribution in [-0.2, 0) is 14.3 Å².